The van der Waals surface area contributed by atoms with E-state index in [-0.39, 0.29) is 0 Å². The minimum absolute atomic E-state index is 0.442. The summed E-state index contributed by atoms with van der Waals surface area (Å²) >= 11 is 0. The summed E-state index contributed by atoms with van der Waals surface area (Å²) in [4.78, 5) is 0. The fourth-order valence-corrected chi connectivity index (χ4v) is 1.99. The van der Waals surface area contributed by atoms with Gasteiger partial charge in [0.2, 0.25) is 0 Å². The summed E-state index contributed by atoms with van der Waals surface area (Å²) < 4.78 is 25.2. The molecule has 51 valence electrons. The van der Waals surface area contributed by atoms with Crippen LogP contribution >= 0.6 is 7.82 Å². The van der Waals surface area contributed by atoms with E-state index < -0.39 is 7.82 Å². The first-order chi connectivity index (χ1) is 4.29. The monoisotopic (exact) mass is 149 g/mol. The van der Waals surface area contributed by atoms with E-state index in [1.807, 2.05) is 0 Å². The summed E-state index contributed by atoms with van der Waals surface area (Å²) in [5.74, 6) is 1.02. The van der Waals surface area contributed by atoms with E-state index in [9.17, 15) is 4.57 Å². The third-order valence-corrected chi connectivity index (χ3v) is 2.62. The van der Waals surface area contributed by atoms with Crippen LogP contribution in [0.2, 0.25) is 0 Å². The number of fused-ring (bicyclic) bond motifs is 3. The van der Waals surface area contributed by atoms with Gasteiger partial charge in [-0.05, 0) is 0 Å². The fraction of sp³-hybridized carbons (Fsp3) is 0.750. The van der Waals surface area contributed by atoms with Crippen molar-refractivity contribution in [3.8, 4) is 0 Å². The van der Waals surface area contributed by atoms with Crippen LogP contribution in [0.3, 0.4) is 0 Å². The molecule has 0 atom stereocenters. The Balaban J connectivity index is 2.20. The molecule has 0 aliphatic carbocycles. The van der Waals surface area contributed by atoms with Crippen molar-refractivity contribution in [2.75, 3.05) is 19.8 Å². The number of rotatable bonds is 0. The van der Waals surface area contributed by atoms with Crippen LogP contribution < -0.4 is 0 Å². The van der Waals surface area contributed by atoms with Gasteiger partial charge in [-0.3, -0.25) is 13.6 Å². The first-order valence-corrected chi connectivity index (χ1v) is 4.12. The average molecular weight is 149 g/mol. The predicted molar refractivity (Wildman–Crippen MR) is 28.7 cm³/mol. The lowest BCUT2D eigenvalue weighted by Crippen LogP contribution is -2.30. The Morgan fingerprint density at radius 1 is 1.11 bits per heavy atom. The Hall–Kier alpha value is 0.110. The first-order valence-electron chi connectivity index (χ1n) is 2.66. The van der Waals surface area contributed by atoms with Crippen molar-refractivity contribution in [3.63, 3.8) is 0 Å². The topological polar surface area (TPSA) is 44.8 Å². The third-order valence-electron chi connectivity index (χ3n) is 1.28. The molecule has 3 aliphatic rings. The zero-order valence-corrected chi connectivity index (χ0v) is 5.60. The Kier molecular flexibility index (Phi) is 1.17. The van der Waals surface area contributed by atoms with Crippen LogP contribution in [-0.4, -0.2) is 19.8 Å². The first kappa shape index (κ1) is 5.86. The molecule has 0 spiro atoms. The molecule has 0 saturated carbocycles. The highest BCUT2D eigenvalue weighted by molar-refractivity contribution is 7.48. The van der Waals surface area contributed by atoms with E-state index in [1.165, 1.54) is 0 Å². The molecular formula is C4H6O4P. The van der Waals surface area contributed by atoms with Crippen LogP contribution in [-0.2, 0) is 18.1 Å². The van der Waals surface area contributed by atoms with Crippen LogP contribution in [0.15, 0.2) is 0 Å². The zero-order chi connectivity index (χ0) is 6.32. The normalized spacial score (nSPS) is 32.9. The van der Waals surface area contributed by atoms with E-state index in [4.69, 9.17) is 13.6 Å². The van der Waals surface area contributed by atoms with E-state index in [0.29, 0.717) is 19.8 Å². The minimum Gasteiger partial charge on any atom is -0.286 e. The van der Waals surface area contributed by atoms with E-state index in [0.717, 1.165) is 5.92 Å². The smallest absolute Gasteiger partial charge is 0.286 e. The van der Waals surface area contributed by atoms with Gasteiger partial charge in [0, 0.05) is 0 Å². The van der Waals surface area contributed by atoms with Gasteiger partial charge in [0.15, 0.2) is 0 Å². The highest BCUT2D eigenvalue weighted by Gasteiger charge is 2.40. The summed E-state index contributed by atoms with van der Waals surface area (Å²) in [6.45, 7) is 1.33. The second-order valence-corrected chi connectivity index (χ2v) is 3.69. The van der Waals surface area contributed by atoms with Crippen molar-refractivity contribution >= 4 is 7.82 Å². The fourth-order valence-electron chi connectivity index (χ4n) is 0.748. The molecule has 2 bridgehead atoms. The third kappa shape index (κ3) is 0.923. The van der Waals surface area contributed by atoms with Gasteiger partial charge >= 0.3 is 7.82 Å². The molecule has 0 aromatic rings. The molecule has 3 heterocycles. The summed E-state index contributed by atoms with van der Waals surface area (Å²) in [7, 11) is -3.05. The van der Waals surface area contributed by atoms with Gasteiger partial charge in [0.1, 0.15) is 0 Å². The summed E-state index contributed by atoms with van der Waals surface area (Å²) in [6.07, 6.45) is 0. The summed E-state index contributed by atoms with van der Waals surface area (Å²) in [5, 5.41) is 0. The highest BCUT2D eigenvalue weighted by atomic mass is 31.2. The van der Waals surface area contributed by atoms with Crippen LogP contribution in [0.1, 0.15) is 0 Å². The number of hydrogen-bond acceptors (Lipinski definition) is 4. The van der Waals surface area contributed by atoms with Gasteiger partial charge in [-0.1, -0.05) is 0 Å². The largest absolute Gasteiger partial charge is 0.474 e. The highest BCUT2D eigenvalue weighted by Crippen LogP contribution is 2.56. The van der Waals surface area contributed by atoms with Crippen molar-refractivity contribution in [1.29, 1.82) is 0 Å². The second kappa shape index (κ2) is 1.80. The Bertz CT molecular complexity index is 139. The van der Waals surface area contributed by atoms with E-state index in [2.05, 4.69) is 0 Å². The molecule has 0 aromatic carbocycles. The Labute approximate surface area is 52.7 Å². The molecule has 4 nitrogen and oxygen atoms in total. The molecule has 0 aromatic heterocycles. The van der Waals surface area contributed by atoms with Gasteiger partial charge in [-0.15, -0.1) is 0 Å². The van der Waals surface area contributed by atoms with E-state index in [1.54, 1.807) is 0 Å². The lowest BCUT2D eigenvalue weighted by Gasteiger charge is -2.33. The van der Waals surface area contributed by atoms with Crippen molar-refractivity contribution in [2.45, 2.75) is 0 Å². The SMILES string of the molecule is O=P12OC[C](CO1)CO2. The van der Waals surface area contributed by atoms with Crippen LogP contribution in [0.25, 0.3) is 0 Å². The van der Waals surface area contributed by atoms with Crippen molar-refractivity contribution in [3.05, 3.63) is 5.92 Å². The standard InChI is InChI=1S/C4H6O4P/c5-9-6-1-4(2-7-9)3-8-9/h1-3H2. The van der Waals surface area contributed by atoms with Gasteiger partial charge in [-0.2, -0.15) is 0 Å². The summed E-state index contributed by atoms with van der Waals surface area (Å²) in [6, 6.07) is 0. The molecule has 9 heavy (non-hydrogen) atoms. The molecule has 3 fully saturated rings. The average Bonchev–Trinajstić information content (AvgIpc) is 1.90. The number of phosphoric acid groups is 1. The van der Waals surface area contributed by atoms with Crippen molar-refractivity contribution in [2.24, 2.45) is 0 Å². The van der Waals surface area contributed by atoms with Crippen molar-refractivity contribution in [1.82, 2.24) is 0 Å². The van der Waals surface area contributed by atoms with Crippen LogP contribution in [0.4, 0.5) is 0 Å². The maximum absolute atomic E-state index is 11.0. The zero-order valence-electron chi connectivity index (χ0n) is 4.70. The Morgan fingerprint density at radius 2 is 1.56 bits per heavy atom. The van der Waals surface area contributed by atoms with Gasteiger partial charge in [0.05, 0.1) is 25.7 Å². The molecule has 3 rings (SSSR count). The molecule has 0 N–H and O–H groups in total. The second-order valence-electron chi connectivity index (χ2n) is 2.02. The molecule has 0 amide bonds. The lowest BCUT2D eigenvalue weighted by molar-refractivity contribution is 0.0357. The van der Waals surface area contributed by atoms with Gasteiger partial charge in [0.25, 0.3) is 0 Å². The predicted octanol–water partition coefficient (Wildman–Crippen LogP) is 0.746. The molecule has 3 aliphatic heterocycles. The maximum Gasteiger partial charge on any atom is 0.474 e. The molecule has 0 unspecified atom stereocenters. The maximum atomic E-state index is 11.0. The quantitative estimate of drug-likeness (QED) is 0.476. The van der Waals surface area contributed by atoms with Gasteiger partial charge in [-0.25, -0.2) is 4.57 Å². The summed E-state index contributed by atoms with van der Waals surface area (Å²) in [5.41, 5.74) is 0. The molecular weight excluding hydrogens is 143 g/mol. The number of hydrogen-bond donors (Lipinski definition) is 0. The molecule has 3 saturated heterocycles. The van der Waals surface area contributed by atoms with Gasteiger partial charge < -0.3 is 0 Å². The van der Waals surface area contributed by atoms with Crippen LogP contribution in [0, 0.1) is 5.92 Å². The van der Waals surface area contributed by atoms with Crippen LogP contribution in [0.5, 0.6) is 0 Å². The van der Waals surface area contributed by atoms with E-state index >= 15 is 0 Å². The minimum atomic E-state index is -3.05. The molecule has 5 heteroatoms. The molecule has 1 radical (unpaired) electrons. The Morgan fingerprint density at radius 3 is 1.78 bits per heavy atom. The van der Waals surface area contributed by atoms with Crippen molar-refractivity contribution < 1.29 is 18.1 Å². The lowest BCUT2D eigenvalue weighted by atomic mass is 10.2. The number of phosphoric ester groups is 1.